The Morgan fingerprint density at radius 3 is 2.43 bits per heavy atom. The molecule has 1 unspecified atom stereocenters. The minimum absolute atomic E-state index is 0.0786. The van der Waals surface area contributed by atoms with Gasteiger partial charge in [0.1, 0.15) is 6.10 Å². The van der Waals surface area contributed by atoms with Gasteiger partial charge in [0.25, 0.3) is 0 Å². The summed E-state index contributed by atoms with van der Waals surface area (Å²) in [6.07, 6.45) is 1.48. The van der Waals surface area contributed by atoms with Gasteiger partial charge in [-0.1, -0.05) is 13.8 Å². The summed E-state index contributed by atoms with van der Waals surface area (Å²) in [5, 5.41) is 0. The van der Waals surface area contributed by atoms with Gasteiger partial charge in [-0.05, 0) is 44.4 Å². The Bertz CT molecular complexity index is 749. The van der Waals surface area contributed by atoms with Gasteiger partial charge in [0.2, 0.25) is 0 Å². The van der Waals surface area contributed by atoms with Crippen LogP contribution in [0.15, 0.2) is 0 Å². The Balaban J connectivity index is 1.97. The molecule has 0 aromatic heterocycles. The third kappa shape index (κ3) is 3.80. The molecule has 0 bridgehead atoms. The van der Waals surface area contributed by atoms with Gasteiger partial charge < -0.3 is 9.47 Å². The molecule has 2 aliphatic carbocycles. The van der Waals surface area contributed by atoms with E-state index in [1.54, 1.807) is 0 Å². The van der Waals surface area contributed by atoms with E-state index in [2.05, 4.69) is 0 Å². The first kappa shape index (κ1) is 21.5. The first-order valence-electron chi connectivity index (χ1n) is 9.82. The fraction of sp³-hybridized carbons (Fsp3) is 0.895. The Kier molecular flexibility index (Phi) is 5.57. The zero-order valence-electron chi connectivity index (χ0n) is 17.1. The second-order valence-corrected chi connectivity index (χ2v) is 10.1. The summed E-state index contributed by atoms with van der Waals surface area (Å²) in [5.74, 6) is -1.18. The maximum Gasteiger partial charge on any atom is 0.400 e. The first-order chi connectivity index (χ1) is 12.9. The summed E-state index contributed by atoms with van der Waals surface area (Å²) in [6, 6.07) is 0. The number of ether oxygens (including phenoxy) is 2. The van der Waals surface area contributed by atoms with Crippen LogP contribution in [-0.4, -0.2) is 44.8 Å². The second-order valence-electron chi connectivity index (χ2n) is 8.97. The molecule has 1 saturated heterocycles. The maximum absolute atomic E-state index is 12.4. The Morgan fingerprint density at radius 1 is 1.14 bits per heavy atom. The van der Waals surface area contributed by atoms with E-state index in [9.17, 15) is 18.0 Å². The van der Waals surface area contributed by atoms with Crippen LogP contribution in [0.3, 0.4) is 0 Å². The molecule has 2 saturated carbocycles. The van der Waals surface area contributed by atoms with Crippen molar-refractivity contribution in [1.82, 2.24) is 0 Å². The second kappa shape index (κ2) is 7.25. The monoisotopic (exact) mass is 418 g/mol. The van der Waals surface area contributed by atoms with Crippen molar-refractivity contribution in [2.24, 2.45) is 23.2 Å². The highest BCUT2D eigenvalue weighted by Gasteiger charge is 2.66. The number of carbonyl (C=O) groups is 2. The van der Waals surface area contributed by atoms with Crippen LogP contribution < -0.4 is 0 Å². The highest BCUT2D eigenvalue weighted by atomic mass is 32.3. The lowest BCUT2D eigenvalue weighted by molar-refractivity contribution is -0.236. The molecule has 3 aliphatic rings. The Labute approximate surface area is 166 Å². The zero-order valence-corrected chi connectivity index (χ0v) is 17.9. The predicted molar refractivity (Wildman–Crippen MR) is 98.2 cm³/mol. The van der Waals surface area contributed by atoms with Crippen molar-refractivity contribution in [3.05, 3.63) is 0 Å². The van der Waals surface area contributed by atoms with E-state index in [1.807, 2.05) is 20.8 Å². The van der Waals surface area contributed by atoms with Crippen LogP contribution in [0.4, 0.5) is 0 Å². The molecule has 3 rings (SSSR count). The normalized spacial score (nSPS) is 42.8. The van der Waals surface area contributed by atoms with Gasteiger partial charge in [-0.25, -0.2) is 8.37 Å². The molecule has 1 heterocycles. The molecule has 3 fully saturated rings. The van der Waals surface area contributed by atoms with E-state index in [1.165, 1.54) is 13.8 Å². The van der Waals surface area contributed by atoms with Gasteiger partial charge in [-0.2, -0.15) is 8.42 Å². The van der Waals surface area contributed by atoms with Crippen LogP contribution >= 0.6 is 0 Å². The van der Waals surface area contributed by atoms with E-state index >= 15 is 0 Å². The fourth-order valence-corrected chi connectivity index (χ4v) is 6.93. The van der Waals surface area contributed by atoms with Crippen LogP contribution in [0.5, 0.6) is 0 Å². The number of rotatable bonds is 4. The van der Waals surface area contributed by atoms with Crippen molar-refractivity contribution < 1.29 is 35.8 Å². The van der Waals surface area contributed by atoms with Gasteiger partial charge in [-0.3, -0.25) is 9.59 Å². The smallest absolute Gasteiger partial charge is 0.400 e. The molecule has 9 heteroatoms. The minimum atomic E-state index is -4.14. The average molecular weight is 419 g/mol. The van der Waals surface area contributed by atoms with Crippen molar-refractivity contribution in [2.75, 3.05) is 6.61 Å². The summed E-state index contributed by atoms with van der Waals surface area (Å²) in [7, 11) is -4.14. The molecule has 0 radical (unpaired) electrons. The molecule has 160 valence electrons. The molecule has 7 atom stereocenters. The lowest BCUT2D eigenvalue weighted by atomic mass is 9.50. The Hall–Kier alpha value is -1.19. The maximum atomic E-state index is 12.4. The third-order valence-corrected chi connectivity index (χ3v) is 7.93. The number of carbonyl (C=O) groups excluding carboxylic acids is 2. The van der Waals surface area contributed by atoms with Crippen LogP contribution in [0, 0.1) is 23.2 Å². The number of hydrogen-bond donors (Lipinski definition) is 0. The minimum Gasteiger partial charge on any atom is -0.466 e. The van der Waals surface area contributed by atoms with E-state index in [0.717, 1.165) is 6.42 Å². The molecule has 0 spiro atoms. The summed E-state index contributed by atoms with van der Waals surface area (Å²) in [4.78, 5) is 22.9. The zero-order chi connectivity index (χ0) is 20.9. The average Bonchev–Trinajstić information content (AvgIpc) is 2.53. The molecule has 0 N–H and O–H groups in total. The largest absolute Gasteiger partial charge is 0.466 e. The van der Waals surface area contributed by atoms with Crippen molar-refractivity contribution in [3.63, 3.8) is 0 Å². The molecule has 0 amide bonds. The van der Waals surface area contributed by atoms with Gasteiger partial charge in [0, 0.05) is 25.2 Å². The van der Waals surface area contributed by atoms with E-state index in [0.29, 0.717) is 19.3 Å². The van der Waals surface area contributed by atoms with Crippen LogP contribution in [0.1, 0.15) is 60.3 Å². The van der Waals surface area contributed by atoms with E-state index in [-0.39, 0.29) is 42.4 Å². The van der Waals surface area contributed by atoms with Gasteiger partial charge >= 0.3 is 22.3 Å². The molecular weight excluding hydrogens is 388 g/mol. The predicted octanol–water partition coefficient (Wildman–Crippen LogP) is 2.36. The molecule has 1 aliphatic heterocycles. The highest BCUT2D eigenvalue weighted by molar-refractivity contribution is 7.82. The Morgan fingerprint density at radius 2 is 1.82 bits per heavy atom. The molecule has 28 heavy (non-hydrogen) atoms. The van der Waals surface area contributed by atoms with Crippen LogP contribution in [0.2, 0.25) is 0 Å². The topological polar surface area (TPSA) is 105 Å². The fourth-order valence-electron chi connectivity index (χ4n) is 5.71. The molecule has 8 nitrogen and oxygen atoms in total. The lowest BCUT2D eigenvalue weighted by Gasteiger charge is -2.62. The van der Waals surface area contributed by atoms with E-state index in [4.69, 9.17) is 17.8 Å². The summed E-state index contributed by atoms with van der Waals surface area (Å²) < 4.78 is 46.6. The SMILES string of the molecule is CC(=O)OC[C@@H](C)[C@@H]1CC[C@]2(C)C3[C@H]1OS(=O)(=O)O[C@]3(C)CC[C@H]2OC(C)=O. The van der Waals surface area contributed by atoms with Crippen molar-refractivity contribution in [2.45, 2.75) is 78.1 Å². The third-order valence-electron chi connectivity index (χ3n) is 6.88. The summed E-state index contributed by atoms with van der Waals surface area (Å²) in [5.41, 5.74) is -1.39. The van der Waals surface area contributed by atoms with Crippen LogP contribution in [0.25, 0.3) is 0 Å². The first-order valence-corrected chi connectivity index (χ1v) is 11.2. The van der Waals surface area contributed by atoms with Crippen LogP contribution in [-0.2, 0) is 37.8 Å². The number of esters is 2. The quantitative estimate of drug-likeness (QED) is 0.641. The number of hydrogen-bond acceptors (Lipinski definition) is 8. The van der Waals surface area contributed by atoms with Crippen molar-refractivity contribution >= 4 is 22.3 Å². The highest BCUT2D eigenvalue weighted by Crippen LogP contribution is 2.61. The molecular formula is C19H30O8S. The van der Waals surface area contributed by atoms with Gasteiger partial charge in [0.15, 0.2) is 0 Å². The molecule has 0 aromatic carbocycles. The lowest BCUT2D eigenvalue weighted by Crippen LogP contribution is -2.68. The van der Waals surface area contributed by atoms with Gasteiger partial charge in [0.05, 0.1) is 18.3 Å². The van der Waals surface area contributed by atoms with E-state index < -0.39 is 27.5 Å². The standard InChI is InChI=1S/C19H30O8S/c1-11(10-24-12(2)20)14-6-8-18(4)15(25-13(3)21)7-9-19(5)17(18)16(14)26-28(22,23)27-19/h11,14-17H,6-10H2,1-5H3/t11-,14+,15-,16+,17?,18+,19-/m1/s1. The van der Waals surface area contributed by atoms with Gasteiger partial charge in [-0.15, -0.1) is 0 Å². The summed E-state index contributed by atoms with van der Waals surface area (Å²) in [6.45, 7) is 8.72. The van der Waals surface area contributed by atoms with Crippen molar-refractivity contribution in [1.29, 1.82) is 0 Å². The molecule has 0 aromatic rings. The summed E-state index contributed by atoms with van der Waals surface area (Å²) >= 11 is 0. The van der Waals surface area contributed by atoms with Crippen molar-refractivity contribution in [3.8, 4) is 0 Å².